The Morgan fingerprint density at radius 3 is 2.57 bits per heavy atom. The lowest BCUT2D eigenvalue weighted by Crippen LogP contribution is -2.12. The Balaban J connectivity index is 2.22. The molecule has 0 radical (unpaired) electrons. The van der Waals surface area contributed by atoms with Crippen molar-refractivity contribution in [3.05, 3.63) is 63.2 Å². The van der Waals surface area contributed by atoms with Crippen molar-refractivity contribution in [1.82, 2.24) is 5.32 Å². The molecule has 0 bridgehead atoms. The normalized spacial score (nSPS) is 12.0. The van der Waals surface area contributed by atoms with Gasteiger partial charge in [-0.15, -0.1) is 0 Å². The number of hydrogen-bond acceptors (Lipinski definition) is 4. The van der Waals surface area contributed by atoms with Gasteiger partial charge in [-0.1, -0.05) is 23.7 Å². The molecular formula is C15H15ClN2O3. The first kappa shape index (κ1) is 15.3. The zero-order valence-corrected chi connectivity index (χ0v) is 12.4. The van der Waals surface area contributed by atoms with Gasteiger partial charge < -0.3 is 10.1 Å². The molecule has 110 valence electrons. The van der Waals surface area contributed by atoms with Gasteiger partial charge in [-0.2, -0.15) is 0 Å². The average molecular weight is 307 g/mol. The zero-order chi connectivity index (χ0) is 15.4. The predicted octanol–water partition coefficient (Wildman–Crippen LogP) is 4.32. The van der Waals surface area contributed by atoms with Gasteiger partial charge >= 0.3 is 0 Å². The van der Waals surface area contributed by atoms with E-state index in [-0.39, 0.29) is 11.7 Å². The first-order valence-corrected chi connectivity index (χ1v) is 6.78. The second-order valence-electron chi connectivity index (χ2n) is 4.55. The molecular weight excluding hydrogens is 292 g/mol. The maximum atomic E-state index is 10.7. The molecule has 0 saturated heterocycles. The highest BCUT2D eigenvalue weighted by atomic mass is 35.5. The van der Waals surface area contributed by atoms with Crippen molar-refractivity contribution in [3.8, 4) is 11.5 Å². The summed E-state index contributed by atoms with van der Waals surface area (Å²) >= 11 is 6.22. The van der Waals surface area contributed by atoms with Gasteiger partial charge in [0.1, 0.15) is 11.5 Å². The Bertz CT molecular complexity index is 661. The van der Waals surface area contributed by atoms with Crippen LogP contribution < -0.4 is 10.1 Å². The number of nitro groups is 1. The second-order valence-corrected chi connectivity index (χ2v) is 4.96. The van der Waals surface area contributed by atoms with Gasteiger partial charge in [0.15, 0.2) is 0 Å². The van der Waals surface area contributed by atoms with E-state index in [0.29, 0.717) is 16.5 Å². The summed E-state index contributed by atoms with van der Waals surface area (Å²) in [5, 5.41) is 14.4. The highest BCUT2D eigenvalue weighted by Gasteiger charge is 2.10. The number of hydrogen-bond donors (Lipinski definition) is 1. The van der Waals surface area contributed by atoms with Crippen molar-refractivity contribution in [2.24, 2.45) is 0 Å². The lowest BCUT2D eigenvalue weighted by Gasteiger charge is -2.14. The molecule has 0 aliphatic carbocycles. The highest BCUT2D eigenvalue weighted by Crippen LogP contribution is 2.30. The van der Waals surface area contributed by atoms with E-state index in [0.717, 1.165) is 5.56 Å². The van der Waals surface area contributed by atoms with Crippen molar-refractivity contribution in [1.29, 1.82) is 0 Å². The third-order valence-electron chi connectivity index (χ3n) is 3.14. The van der Waals surface area contributed by atoms with Crippen molar-refractivity contribution >= 4 is 17.3 Å². The molecule has 0 fully saturated rings. The molecule has 1 atom stereocenters. The first-order valence-electron chi connectivity index (χ1n) is 6.40. The molecule has 21 heavy (non-hydrogen) atoms. The summed E-state index contributed by atoms with van der Waals surface area (Å²) in [5.74, 6) is 0.933. The maximum absolute atomic E-state index is 10.7. The Labute approximate surface area is 127 Å². The minimum atomic E-state index is -0.461. The molecule has 0 saturated carbocycles. The Kier molecular flexibility index (Phi) is 4.77. The predicted molar refractivity (Wildman–Crippen MR) is 82.1 cm³/mol. The molecule has 2 aromatic rings. The molecule has 0 aliphatic heterocycles. The fourth-order valence-corrected chi connectivity index (χ4v) is 2.21. The summed E-state index contributed by atoms with van der Waals surface area (Å²) in [6.07, 6.45) is 0. The van der Waals surface area contributed by atoms with E-state index in [1.54, 1.807) is 24.3 Å². The van der Waals surface area contributed by atoms with Gasteiger partial charge in [0.25, 0.3) is 5.69 Å². The zero-order valence-electron chi connectivity index (χ0n) is 11.7. The largest absolute Gasteiger partial charge is 0.457 e. The van der Waals surface area contributed by atoms with Gasteiger partial charge in [0, 0.05) is 17.1 Å². The van der Waals surface area contributed by atoms with Crippen LogP contribution >= 0.6 is 11.6 Å². The lowest BCUT2D eigenvalue weighted by molar-refractivity contribution is -0.384. The fraction of sp³-hybridized carbons (Fsp3) is 0.200. The number of nitrogens with one attached hydrogen (secondary N) is 1. The SMILES string of the molecule is CNC(C)c1ccc(Oc2cccc([N+](=O)[O-])c2)cc1Cl. The standard InChI is InChI=1S/C15H15ClN2O3/c1-10(17-2)14-7-6-13(9-15(14)16)21-12-5-3-4-11(8-12)18(19)20/h3-10,17H,1-2H3. The van der Waals surface area contributed by atoms with E-state index in [1.165, 1.54) is 12.1 Å². The first-order chi connectivity index (χ1) is 10.0. The summed E-state index contributed by atoms with van der Waals surface area (Å²) in [6.45, 7) is 2.00. The van der Waals surface area contributed by atoms with Crippen LogP contribution in [-0.4, -0.2) is 12.0 Å². The molecule has 1 N–H and O–H groups in total. The molecule has 2 rings (SSSR count). The lowest BCUT2D eigenvalue weighted by atomic mass is 10.1. The van der Waals surface area contributed by atoms with Crippen LogP contribution in [-0.2, 0) is 0 Å². The van der Waals surface area contributed by atoms with Crippen LogP contribution in [0.15, 0.2) is 42.5 Å². The molecule has 0 aliphatic rings. The van der Waals surface area contributed by atoms with Crippen LogP contribution in [0.25, 0.3) is 0 Å². The number of halogens is 1. The summed E-state index contributed by atoms with van der Waals surface area (Å²) in [6, 6.07) is 11.5. The number of rotatable bonds is 5. The second kappa shape index (κ2) is 6.56. The van der Waals surface area contributed by atoms with Gasteiger partial charge in [-0.25, -0.2) is 0 Å². The number of non-ortho nitro benzene ring substituents is 1. The van der Waals surface area contributed by atoms with Crippen LogP contribution in [0.5, 0.6) is 11.5 Å². The van der Waals surface area contributed by atoms with Crippen LogP contribution in [0.1, 0.15) is 18.5 Å². The fourth-order valence-electron chi connectivity index (χ4n) is 1.87. The number of nitrogens with zero attached hydrogens (tertiary/aromatic N) is 1. The van der Waals surface area contributed by atoms with E-state index in [4.69, 9.17) is 16.3 Å². The van der Waals surface area contributed by atoms with Crippen molar-refractivity contribution in [2.75, 3.05) is 7.05 Å². The molecule has 0 aromatic heterocycles. The van der Waals surface area contributed by atoms with Gasteiger partial charge in [-0.3, -0.25) is 10.1 Å². The van der Waals surface area contributed by atoms with E-state index < -0.39 is 4.92 Å². The van der Waals surface area contributed by atoms with Gasteiger partial charge in [-0.05, 0) is 37.7 Å². The molecule has 6 heteroatoms. The van der Waals surface area contributed by atoms with E-state index >= 15 is 0 Å². The molecule has 1 unspecified atom stereocenters. The minimum Gasteiger partial charge on any atom is -0.457 e. The number of ether oxygens (including phenoxy) is 1. The molecule has 2 aromatic carbocycles. The Morgan fingerprint density at radius 2 is 1.95 bits per heavy atom. The van der Waals surface area contributed by atoms with E-state index in [2.05, 4.69) is 5.32 Å². The topological polar surface area (TPSA) is 64.4 Å². The van der Waals surface area contributed by atoms with Gasteiger partial charge in [0.2, 0.25) is 0 Å². The Hall–Kier alpha value is -2.11. The summed E-state index contributed by atoms with van der Waals surface area (Å²) in [7, 11) is 1.86. The quantitative estimate of drug-likeness (QED) is 0.660. The molecule has 0 amide bonds. The van der Waals surface area contributed by atoms with Crippen molar-refractivity contribution in [3.63, 3.8) is 0 Å². The van der Waals surface area contributed by atoms with Crippen molar-refractivity contribution in [2.45, 2.75) is 13.0 Å². The Morgan fingerprint density at radius 1 is 1.24 bits per heavy atom. The van der Waals surface area contributed by atoms with Gasteiger partial charge in [0.05, 0.1) is 11.0 Å². The van der Waals surface area contributed by atoms with Crippen LogP contribution in [0, 0.1) is 10.1 Å². The van der Waals surface area contributed by atoms with Crippen LogP contribution in [0.4, 0.5) is 5.69 Å². The monoisotopic (exact) mass is 306 g/mol. The molecule has 5 nitrogen and oxygen atoms in total. The summed E-state index contributed by atoms with van der Waals surface area (Å²) < 4.78 is 5.61. The van der Waals surface area contributed by atoms with Crippen LogP contribution in [0.2, 0.25) is 5.02 Å². The summed E-state index contributed by atoms with van der Waals surface area (Å²) in [5.41, 5.74) is 0.949. The number of benzene rings is 2. The molecule has 0 spiro atoms. The van der Waals surface area contributed by atoms with Crippen LogP contribution in [0.3, 0.4) is 0 Å². The molecule has 0 heterocycles. The summed E-state index contributed by atoms with van der Waals surface area (Å²) in [4.78, 5) is 10.3. The number of nitro benzene ring substituents is 1. The van der Waals surface area contributed by atoms with E-state index in [1.807, 2.05) is 20.0 Å². The third-order valence-corrected chi connectivity index (χ3v) is 3.46. The minimum absolute atomic E-state index is 0.0148. The smallest absolute Gasteiger partial charge is 0.273 e. The average Bonchev–Trinajstić information content (AvgIpc) is 2.47. The van der Waals surface area contributed by atoms with Crippen molar-refractivity contribution < 1.29 is 9.66 Å². The highest BCUT2D eigenvalue weighted by molar-refractivity contribution is 6.31. The maximum Gasteiger partial charge on any atom is 0.273 e. The third kappa shape index (κ3) is 3.71. The van der Waals surface area contributed by atoms with E-state index in [9.17, 15) is 10.1 Å².